The molecule has 0 aliphatic rings. The third-order valence-corrected chi connectivity index (χ3v) is 14.3. The Kier molecular flexibility index (Phi) is 9.67. The molecule has 0 N–H and O–H groups in total. The lowest BCUT2D eigenvalue weighted by Crippen LogP contribution is -2.11. The lowest BCUT2D eigenvalue weighted by molar-refractivity contribution is 0.590. The lowest BCUT2D eigenvalue weighted by Gasteiger charge is -2.28. The van der Waals surface area contributed by atoms with Crippen molar-refractivity contribution in [2.24, 2.45) is 0 Å². The Hall–Kier alpha value is -7.94. The van der Waals surface area contributed by atoms with Gasteiger partial charge in [0.25, 0.3) is 0 Å². The summed E-state index contributed by atoms with van der Waals surface area (Å²) in [7, 11) is 0. The summed E-state index contributed by atoms with van der Waals surface area (Å²) in [6, 6.07) is 81.2. The molecule has 12 aromatic rings. The Balaban J connectivity index is 1.07. The van der Waals surface area contributed by atoms with Crippen molar-refractivity contribution >= 4 is 71.2 Å². The van der Waals surface area contributed by atoms with E-state index in [1.807, 2.05) is 0 Å². The average Bonchev–Trinajstić information content (AvgIpc) is 3.69. The Bertz CT molecular complexity index is 3770. The quantitative estimate of drug-likeness (QED) is 0.145. The Labute approximate surface area is 399 Å². The molecule has 1 aromatic heterocycles. The third-order valence-electron chi connectivity index (χ3n) is 14.3. The van der Waals surface area contributed by atoms with E-state index in [2.05, 4.69) is 269 Å². The number of benzene rings is 11. The number of hydrogen-bond donors (Lipinski definition) is 0. The highest BCUT2D eigenvalue weighted by Crippen LogP contribution is 2.47. The third kappa shape index (κ3) is 6.94. The summed E-state index contributed by atoms with van der Waals surface area (Å²) in [5, 5.41) is 10.1. The van der Waals surface area contributed by atoms with Crippen LogP contribution in [0.2, 0.25) is 0 Å². The van der Waals surface area contributed by atoms with Crippen LogP contribution in [0.25, 0.3) is 93.2 Å². The molecule has 0 saturated carbocycles. The molecule has 328 valence electrons. The molecule has 0 aliphatic carbocycles. The summed E-state index contributed by atoms with van der Waals surface area (Å²) in [5.41, 5.74) is 17.0. The first-order valence-electron chi connectivity index (χ1n) is 24.0. The SMILES string of the molecule is CC(C)(C)c1ccc2c(c1)c1cc(C(C)(C)C)ccc1n2-c1ccc2ccc3c(N(c4ccc(-c5ccccc5-c5ccccc5)cc4)c4cccc(-c5ccccc5)c4)ccc4ccc1c2c43. The molecule has 0 atom stereocenters. The number of nitrogens with zero attached hydrogens (tertiary/aromatic N) is 2. The van der Waals surface area contributed by atoms with Crippen LogP contribution in [0.4, 0.5) is 17.1 Å². The van der Waals surface area contributed by atoms with Gasteiger partial charge in [0, 0.05) is 32.9 Å². The van der Waals surface area contributed by atoms with Gasteiger partial charge in [0.05, 0.1) is 22.4 Å². The van der Waals surface area contributed by atoms with Crippen LogP contribution in [-0.4, -0.2) is 4.57 Å². The molecule has 68 heavy (non-hydrogen) atoms. The maximum Gasteiger partial charge on any atom is 0.0541 e. The molecule has 0 unspecified atom stereocenters. The van der Waals surface area contributed by atoms with Crippen molar-refractivity contribution in [2.75, 3.05) is 4.90 Å². The van der Waals surface area contributed by atoms with Crippen molar-refractivity contribution in [3.05, 3.63) is 230 Å². The van der Waals surface area contributed by atoms with E-state index in [-0.39, 0.29) is 10.8 Å². The highest BCUT2D eigenvalue weighted by Gasteiger charge is 2.24. The molecule has 0 bridgehead atoms. The number of anilines is 3. The summed E-state index contributed by atoms with van der Waals surface area (Å²) in [4.78, 5) is 2.46. The fourth-order valence-electron chi connectivity index (χ4n) is 10.7. The summed E-state index contributed by atoms with van der Waals surface area (Å²) in [6.07, 6.45) is 0. The molecule has 1 heterocycles. The fourth-order valence-corrected chi connectivity index (χ4v) is 10.7. The van der Waals surface area contributed by atoms with E-state index in [1.165, 1.54) is 104 Å². The second-order valence-electron chi connectivity index (χ2n) is 20.6. The van der Waals surface area contributed by atoms with Gasteiger partial charge in [-0.25, -0.2) is 0 Å². The van der Waals surface area contributed by atoms with Gasteiger partial charge in [-0.05, 0) is 138 Å². The van der Waals surface area contributed by atoms with Crippen molar-refractivity contribution in [3.63, 3.8) is 0 Å². The van der Waals surface area contributed by atoms with E-state index < -0.39 is 0 Å². The second kappa shape index (κ2) is 15.9. The number of hydrogen-bond acceptors (Lipinski definition) is 1. The van der Waals surface area contributed by atoms with Gasteiger partial charge in [0.15, 0.2) is 0 Å². The predicted molar refractivity (Wildman–Crippen MR) is 293 cm³/mol. The van der Waals surface area contributed by atoms with Crippen LogP contribution in [0.15, 0.2) is 218 Å². The van der Waals surface area contributed by atoms with Gasteiger partial charge in [-0.3, -0.25) is 0 Å². The van der Waals surface area contributed by atoms with Crippen LogP contribution in [0.5, 0.6) is 0 Å². The maximum atomic E-state index is 2.52. The molecule has 2 nitrogen and oxygen atoms in total. The van der Waals surface area contributed by atoms with Crippen LogP contribution in [0, 0.1) is 0 Å². The molecular formula is C66H54N2. The first-order valence-corrected chi connectivity index (χ1v) is 24.0. The van der Waals surface area contributed by atoms with Crippen molar-refractivity contribution in [1.82, 2.24) is 4.57 Å². The summed E-state index contributed by atoms with van der Waals surface area (Å²) in [6.45, 7) is 13.9. The molecule has 0 fully saturated rings. The van der Waals surface area contributed by atoms with E-state index >= 15 is 0 Å². The minimum atomic E-state index is 0.0293. The second-order valence-corrected chi connectivity index (χ2v) is 20.6. The van der Waals surface area contributed by atoms with Crippen molar-refractivity contribution in [1.29, 1.82) is 0 Å². The molecule has 11 aromatic carbocycles. The molecule has 0 amide bonds. The van der Waals surface area contributed by atoms with Crippen molar-refractivity contribution < 1.29 is 0 Å². The summed E-state index contributed by atoms with van der Waals surface area (Å²) >= 11 is 0. The van der Waals surface area contributed by atoms with Gasteiger partial charge in [-0.1, -0.05) is 199 Å². The lowest BCUT2D eigenvalue weighted by atomic mass is 9.85. The maximum absolute atomic E-state index is 2.52. The van der Waals surface area contributed by atoms with Crippen molar-refractivity contribution in [3.8, 4) is 39.1 Å². The first kappa shape index (κ1) is 41.5. The summed E-state index contributed by atoms with van der Waals surface area (Å²) in [5.74, 6) is 0. The van der Waals surface area contributed by atoms with E-state index in [0.717, 1.165) is 17.1 Å². The first-order chi connectivity index (χ1) is 33.0. The molecule has 0 spiro atoms. The Morgan fingerprint density at radius 2 is 0.838 bits per heavy atom. The van der Waals surface area contributed by atoms with Crippen molar-refractivity contribution in [2.45, 2.75) is 52.4 Å². The van der Waals surface area contributed by atoms with E-state index in [4.69, 9.17) is 0 Å². The minimum Gasteiger partial charge on any atom is -0.310 e. The van der Waals surface area contributed by atoms with Crippen LogP contribution < -0.4 is 4.90 Å². The number of fused-ring (bicyclic) bond motifs is 3. The minimum absolute atomic E-state index is 0.0293. The van der Waals surface area contributed by atoms with Crippen LogP contribution in [-0.2, 0) is 10.8 Å². The van der Waals surface area contributed by atoms with E-state index in [9.17, 15) is 0 Å². The highest BCUT2D eigenvalue weighted by atomic mass is 15.1. The standard InChI is InChI=1S/C66H54N2/c1-65(2,3)49-30-38-61-57(41-49)58-42-50(66(4,5)6)31-39-62(58)68(61)60-37-29-47-26-34-55-59(36-28-46-27-35-56(60)64(47)63(46)55)67(52-21-15-20-48(40-52)43-16-9-7-10-17-43)51-32-24-45(25-33-51)54-23-14-13-22-53(54)44-18-11-8-12-19-44/h7-42H,1-6H3. The molecule has 0 saturated heterocycles. The number of rotatable bonds is 7. The Morgan fingerprint density at radius 3 is 1.44 bits per heavy atom. The molecule has 0 radical (unpaired) electrons. The number of aromatic nitrogens is 1. The Morgan fingerprint density at radius 1 is 0.338 bits per heavy atom. The van der Waals surface area contributed by atoms with Gasteiger partial charge < -0.3 is 9.47 Å². The molecular weight excluding hydrogens is 821 g/mol. The normalized spacial score (nSPS) is 12.3. The summed E-state index contributed by atoms with van der Waals surface area (Å²) < 4.78 is 2.52. The zero-order valence-corrected chi connectivity index (χ0v) is 39.7. The zero-order valence-electron chi connectivity index (χ0n) is 39.7. The molecule has 0 aliphatic heterocycles. The smallest absolute Gasteiger partial charge is 0.0541 e. The van der Waals surface area contributed by atoms with Gasteiger partial charge >= 0.3 is 0 Å². The average molecular weight is 875 g/mol. The van der Waals surface area contributed by atoms with E-state index in [1.54, 1.807) is 0 Å². The van der Waals surface area contributed by atoms with Crippen LogP contribution in [0.3, 0.4) is 0 Å². The topological polar surface area (TPSA) is 8.17 Å². The largest absolute Gasteiger partial charge is 0.310 e. The molecule has 2 heteroatoms. The van der Waals surface area contributed by atoms with E-state index in [0.29, 0.717) is 0 Å². The predicted octanol–water partition coefficient (Wildman–Crippen LogP) is 18.7. The van der Waals surface area contributed by atoms with Gasteiger partial charge in [0.1, 0.15) is 0 Å². The van der Waals surface area contributed by atoms with Crippen LogP contribution in [0.1, 0.15) is 52.7 Å². The monoisotopic (exact) mass is 874 g/mol. The highest BCUT2D eigenvalue weighted by molar-refractivity contribution is 6.27. The molecule has 12 rings (SSSR count). The van der Waals surface area contributed by atoms with Gasteiger partial charge in [-0.2, -0.15) is 0 Å². The van der Waals surface area contributed by atoms with Gasteiger partial charge in [0.2, 0.25) is 0 Å². The van der Waals surface area contributed by atoms with Crippen LogP contribution >= 0.6 is 0 Å². The van der Waals surface area contributed by atoms with Gasteiger partial charge in [-0.15, -0.1) is 0 Å². The zero-order chi connectivity index (χ0) is 46.3. The fraction of sp³-hybridized carbons (Fsp3) is 0.121.